The van der Waals surface area contributed by atoms with Gasteiger partial charge in [-0.1, -0.05) is 34.7 Å². The molecule has 4 aromatic rings. The van der Waals surface area contributed by atoms with Gasteiger partial charge in [-0.05, 0) is 75.3 Å². The number of anilines is 1. The van der Waals surface area contributed by atoms with Gasteiger partial charge in [0.2, 0.25) is 0 Å². The maximum atomic E-state index is 11.5. The molecule has 3 heterocycles. The lowest BCUT2D eigenvalue weighted by molar-refractivity contribution is 0.0122. The Balaban J connectivity index is 1.09. The van der Waals surface area contributed by atoms with Gasteiger partial charge in [0.15, 0.2) is 5.13 Å². The van der Waals surface area contributed by atoms with Gasteiger partial charge in [-0.2, -0.15) is 0 Å². The van der Waals surface area contributed by atoms with Gasteiger partial charge in [-0.25, -0.2) is 9.78 Å². The van der Waals surface area contributed by atoms with Crippen LogP contribution in [0, 0.1) is 26.7 Å². The lowest BCUT2D eigenvalue weighted by Gasteiger charge is -2.31. The van der Waals surface area contributed by atoms with Gasteiger partial charge in [-0.3, -0.25) is 0 Å². The second-order valence-electron chi connectivity index (χ2n) is 11.2. The molecule has 2 aromatic carbocycles. The van der Waals surface area contributed by atoms with Crippen molar-refractivity contribution in [1.82, 2.24) is 10.1 Å². The van der Waals surface area contributed by atoms with E-state index in [9.17, 15) is 9.90 Å². The van der Waals surface area contributed by atoms with E-state index in [4.69, 9.17) is 14.2 Å². The van der Waals surface area contributed by atoms with Gasteiger partial charge >= 0.3 is 5.97 Å². The number of aryl methyl sites for hydroxylation is 3. The highest BCUT2D eigenvalue weighted by Crippen LogP contribution is 2.47. The van der Waals surface area contributed by atoms with E-state index >= 15 is 0 Å². The van der Waals surface area contributed by atoms with E-state index in [-0.39, 0.29) is 6.10 Å². The molecule has 3 fully saturated rings. The summed E-state index contributed by atoms with van der Waals surface area (Å²) in [5.41, 5.74) is 7.79. The Morgan fingerprint density at radius 1 is 1.16 bits per heavy atom. The third kappa shape index (κ3) is 3.93. The van der Waals surface area contributed by atoms with Gasteiger partial charge in [-0.15, -0.1) is 0 Å². The fourth-order valence-electron chi connectivity index (χ4n) is 6.48. The van der Waals surface area contributed by atoms with Crippen LogP contribution < -0.4 is 4.90 Å². The number of carbonyl (C=O) groups is 1. The summed E-state index contributed by atoms with van der Waals surface area (Å²) in [6.07, 6.45) is 4.60. The topological polar surface area (TPSA) is 88.7 Å². The van der Waals surface area contributed by atoms with Crippen LogP contribution in [0.5, 0.6) is 0 Å². The van der Waals surface area contributed by atoms with Crippen LogP contribution >= 0.6 is 11.3 Å². The van der Waals surface area contributed by atoms with Gasteiger partial charge in [0, 0.05) is 35.5 Å². The lowest BCUT2D eigenvalue weighted by Crippen LogP contribution is -2.38. The largest absolute Gasteiger partial charge is 0.478 e. The van der Waals surface area contributed by atoms with E-state index in [0.717, 1.165) is 75.7 Å². The van der Waals surface area contributed by atoms with Gasteiger partial charge in [0.05, 0.1) is 28.5 Å². The number of benzene rings is 2. The fourth-order valence-corrected chi connectivity index (χ4v) is 7.64. The Bertz CT molecular complexity index is 1550. The molecule has 7 rings (SSSR count). The zero-order valence-electron chi connectivity index (χ0n) is 21.9. The fraction of sp³-hybridized carbons (Fsp3) is 0.433. The monoisotopic (exact) mass is 529 g/mol. The van der Waals surface area contributed by atoms with Crippen molar-refractivity contribution < 1.29 is 19.2 Å². The molecular weight excluding hydrogens is 498 g/mol. The highest BCUT2D eigenvalue weighted by molar-refractivity contribution is 7.22. The van der Waals surface area contributed by atoms with Crippen LogP contribution in [0.1, 0.15) is 70.0 Å². The quantitative estimate of drug-likeness (QED) is 0.287. The molecule has 38 heavy (non-hydrogen) atoms. The number of ether oxygens (including phenoxy) is 1. The van der Waals surface area contributed by atoms with Crippen molar-refractivity contribution in [3.05, 3.63) is 63.9 Å². The summed E-state index contributed by atoms with van der Waals surface area (Å²) in [5.74, 6) is 1.04. The molecule has 1 N–H and O–H groups in total. The minimum Gasteiger partial charge on any atom is -0.478 e. The molecule has 0 spiro atoms. The minimum absolute atomic E-state index is 0.207. The minimum atomic E-state index is -0.899. The van der Waals surface area contributed by atoms with Gasteiger partial charge < -0.3 is 19.3 Å². The number of nitrogens with zero attached hydrogens (tertiary/aromatic N) is 3. The Hall–Kier alpha value is -3.23. The first-order valence-electron chi connectivity index (χ1n) is 13.4. The zero-order chi connectivity index (χ0) is 26.1. The molecule has 0 radical (unpaired) electrons. The smallest absolute Gasteiger partial charge is 0.335 e. The zero-order valence-corrected chi connectivity index (χ0v) is 22.7. The molecule has 196 valence electrons. The molecule has 1 saturated heterocycles. The highest BCUT2D eigenvalue weighted by atomic mass is 32.1. The van der Waals surface area contributed by atoms with Crippen LogP contribution in [0.3, 0.4) is 0 Å². The van der Waals surface area contributed by atoms with Crippen molar-refractivity contribution in [2.75, 3.05) is 11.4 Å². The highest BCUT2D eigenvalue weighted by Gasteiger charge is 2.46. The maximum absolute atomic E-state index is 11.5. The number of aromatic carboxylic acids is 1. The number of rotatable bonds is 7. The number of thiazole rings is 1. The van der Waals surface area contributed by atoms with Crippen molar-refractivity contribution in [3.8, 4) is 11.3 Å². The molecule has 7 nitrogen and oxygen atoms in total. The molecule has 2 aromatic heterocycles. The third-order valence-corrected chi connectivity index (χ3v) is 9.61. The van der Waals surface area contributed by atoms with Crippen molar-refractivity contribution >= 4 is 32.7 Å². The third-order valence-electron chi connectivity index (χ3n) is 8.57. The second-order valence-corrected chi connectivity index (χ2v) is 12.3. The van der Waals surface area contributed by atoms with E-state index < -0.39 is 5.97 Å². The summed E-state index contributed by atoms with van der Waals surface area (Å²) >= 11 is 1.60. The molecule has 2 aliphatic carbocycles. The SMILES string of the molecule is Cc1cccc(C)c1-c1noc(C2CC2)c1CO[C@@H]1C[C@@H]2C[C@H]1CN2c1nc2c(C)cc(C(=O)O)cc2s1. The van der Waals surface area contributed by atoms with E-state index in [1.165, 1.54) is 11.1 Å². The molecule has 3 aliphatic rings. The molecule has 0 amide bonds. The number of carboxylic acids is 1. The number of piperidine rings is 1. The number of fused-ring (bicyclic) bond motifs is 3. The van der Waals surface area contributed by atoms with Gasteiger partial charge in [0.1, 0.15) is 11.5 Å². The molecule has 2 bridgehead atoms. The predicted molar refractivity (Wildman–Crippen MR) is 147 cm³/mol. The summed E-state index contributed by atoms with van der Waals surface area (Å²) < 4.78 is 13.5. The number of carboxylic acid groups (broad SMARTS) is 1. The summed E-state index contributed by atoms with van der Waals surface area (Å²) in [7, 11) is 0. The first kappa shape index (κ1) is 23.9. The number of hydrogen-bond acceptors (Lipinski definition) is 7. The predicted octanol–water partition coefficient (Wildman–Crippen LogP) is 6.64. The van der Waals surface area contributed by atoms with E-state index in [1.807, 2.05) is 6.92 Å². The first-order chi connectivity index (χ1) is 18.4. The average molecular weight is 530 g/mol. The number of aromatic nitrogens is 2. The first-order valence-corrected chi connectivity index (χ1v) is 14.3. The maximum Gasteiger partial charge on any atom is 0.335 e. The van der Waals surface area contributed by atoms with Crippen molar-refractivity contribution in [3.63, 3.8) is 0 Å². The standard InChI is InChI=1S/C30H31N3O4S/c1-15-5-4-6-16(2)25(15)27-22(28(37-32-27)18-7-8-18)14-36-23-12-21-10-20(23)13-33(21)30-31-26-17(3)9-19(29(34)35)11-24(26)38-30/h4-6,9,11,18,20-21,23H,7-8,10,12-14H2,1-3H3,(H,34,35)/t20-,21-,23+/m0/s1. The Labute approximate surface area is 225 Å². The Morgan fingerprint density at radius 3 is 2.63 bits per heavy atom. The normalized spacial score (nSPS) is 22.6. The molecule has 2 saturated carbocycles. The van der Waals surface area contributed by atoms with E-state index in [2.05, 4.69) is 42.1 Å². The Morgan fingerprint density at radius 2 is 1.95 bits per heavy atom. The molecule has 3 atom stereocenters. The van der Waals surface area contributed by atoms with E-state index in [0.29, 0.717) is 30.0 Å². The molecular formula is C30H31N3O4S. The molecule has 0 unspecified atom stereocenters. The van der Waals surface area contributed by atoms with Crippen molar-refractivity contribution in [2.24, 2.45) is 5.92 Å². The van der Waals surface area contributed by atoms with Crippen LogP contribution in [0.4, 0.5) is 5.13 Å². The summed E-state index contributed by atoms with van der Waals surface area (Å²) in [6.45, 7) is 7.66. The van der Waals surface area contributed by atoms with Crippen LogP contribution in [-0.4, -0.2) is 39.9 Å². The molecule has 8 heteroatoms. The van der Waals surface area contributed by atoms with Crippen LogP contribution in [0.15, 0.2) is 34.9 Å². The second kappa shape index (κ2) is 8.92. The summed E-state index contributed by atoms with van der Waals surface area (Å²) in [5, 5.41) is 15.0. The van der Waals surface area contributed by atoms with Crippen LogP contribution in [0.25, 0.3) is 21.5 Å². The number of hydrogen-bond donors (Lipinski definition) is 1. The van der Waals surface area contributed by atoms with Crippen molar-refractivity contribution in [2.45, 2.75) is 71.1 Å². The van der Waals surface area contributed by atoms with E-state index in [1.54, 1.807) is 23.5 Å². The van der Waals surface area contributed by atoms with Crippen LogP contribution in [0.2, 0.25) is 0 Å². The van der Waals surface area contributed by atoms with Crippen LogP contribution in [-0.2, 0) is 11.3 Å². The summed E-state index contributed by atoms with van der Waals surface area (Å²) in [4.78, 5) is 18.8. The average Bonchev–Trinajstić information content (AvgIpc) is 3.22. The van der Waals surface area contributed by atoms with Crippen molar-refractivity contribution in [1.29, 1.82) is 0 Å². The van der Waals surface area contributed by atoms with Gasteiger partial charge in [0.25, 0.3) is 0 Å². The Kier molecular flexibility index (Phi) is 5.60. The molecule has 1 aliphatic heterocycles. The lowest BCUT2D eigenvalue weighted by atomic mass is 9.96. The summed E-state index contributed by atoms with van der Waals surface area (Å²) in [6, 6.07) is 10.2.